The summed E-state index contributed by atoms with van der Waals surface area (Å²) in [6, 6.07) is 0. The molecule has 0 spiro atoms. The number of phosphoric ester groups is 1. The van der Waals surface area contributed by atoms with Gasteiger partial charge in [-0.25, -0.2) is 13.6 Å². The lowest BCUT2D eigenvalue weighted by Crippen LogP contribution is -2.45. The number of phosphoric acid groups is 1. The van der Waals surface area contributed by atoms with Crippen molar-refractivity contribution in [2.24, 2.45) is 5.92 Å². The van der Waals surface area contributed by atoms with E-state index in [4.69, 9.17) is 13.6 Å². The number of hydrogen-bond donors (Lipinski definition) is 0. The van der Waals surface area contributed by atoms with Crippen molar-refractivity contribution in [1.82, 2.24) is 0 Å². The minimum Gasteiger partial charge on any atom is -0.297 e. The van der Waals surface area contributed by atoms with Crippen molar-refractivity contribution in [2.75, 3.05) is 0 Å². The lowest BCUT2D eigenvalue weighted by atomic mass is 10.0. The van der Waals surface area contributed by atoms with Crippen LogP contribution in [-0.4, -0.2) is 18.2 Å². The fourth-order valence-corrected chi connectivity index (χ4v) is 3.29. The van der Waals surface area contributed by atoms with Crippen LogP contribution < -0.4 is 0 Å². The van der Waals surface area contributed by atoms with E-state index in [-0.39, 0.29) is 0 Å². The molecule has 0 aromatic rings. The number of carbonyl (C=O) groups is 1. The van der Waals surface area contributed by atoms with E-state index in [0.29, 0.717) is 18.6 Å². The molecule has 14 heavy (non-hydrogen) atoms. The highest BCUT2D eigenvalue weighted by Crippen LogP contribution is 2.74. The van der Waals surface area contributed by atoms with Crippen molar-refractivity contribution in [2.45, 2.75) is 38.6 Å². The molecule has 0 aliphatic carbocycles. The smallest absolute Gasteiger partial charge is 0.297 e. The minimum atomic E-state index is -3.33. The highest BCUT2D eigenvalue weighted by Gasteiger charge is 2.71. The van der Waals surface area contributed by atoms with E-state index in [1.54, 1.807) is 0 Å². The quantitative estimate of drug-likeness (QED) is 0.534. The molecule has 1 unspecified atom stereocenters. The van der Waals surface area contributed by atoms with E-state index >= 15 is 0 Å². The van der Waals surface area contributed by atoms with Crippen LogP contribution in [0.2, 0.25) is 0 Å². The van der Waals surface area contributed by atoms with Gasteiger partial charge in [-0.05, 0) is 18.8 Å². The molecule has 3 heterocycles. The first kappa shape index (κ1) is 10.3. The van der Waals surface area contributed by atoms with E-state index in [0.717, 1.165) is 6.42 Å². The van der Waals surface area contributed by atoms with Gasteiger partial charge in [-0.2, -0.15) is 0 Å². The number of hydrogen-bond acceptors (Lipinski definition) is 5. The van der Waals surface area contributed by atoms with Crippen molar-refractivity contribution in [1.29, 1.82) is 0 Å². The molecule has 0 radical (unpaired) electrons. The molecule has 0 saturated carbocycles. The highest BCUT2D eigenvalue weighted by molar-refractivity contribution is 7.50. The van der Waals surface area contributed by atoms with Crippen molar-refractivity contribution in [3.8, 4) is 0 Å². The zero-order valence-electron chi connectivity index (χ0n) is 8.13. The van der Waals surface area contributed by atoms with Crippen LogP contribution >= 0.6 is 7.82 Å². The zero-order valence-corrected chi connectivity index (χ0v) is 9.03. The molecule has 80 valence electrons. The second-order valence-electron chi connectivity index (χ2n) is 4.03. The maximum Gasteiger partial charge on any atom is 0.481 e. The van der Waals surface area contributed by atoms with E-state index < -0.39 is 19.7 Å². The van der Waals surface area contributed by atoms with Gasteiger partial charge in [0, 0.05) is 0 Å². The molecule has 6 heteroatoms. The van der Waals surface area contributed by atoms with Gasteiger partial charge < -0.3 is 0 Å². The first-order valence-electron chi connectivity index (χ1n) is 4.66. The molecular weight excluding hydrogens is 207 g/mol. The summed E-state index contributed by atoms with van der Waals surface area (Å²) in [6.07, 6.45) is 1.53. The Morgan fingerprint density at radius 1 is 1.50 bits per heavy atom. The molecule has 0 aromatic carbocycles. The first-order chi connectivity index (χ1) is 6.50. The Kier molecular flexibility index (Phi) is 2.31. The van der Waals surface area contributed by atoms with Gasteiger partial charge in [0.1, 0.15) is 6.10 Å². The maximum absolute atomic E-state index is 11.3. The summed E-state index contributed by atoms with van der Waals surface area (Å²) in [6.45, 7) is 4.13. The Balaban J connectivity index is 2.00. The summed E-state index contributed by atoms with van der Waals surface area (Å²) in [5.74, 6) is -0.870. The predicted molar refractivity (Wildman–Crippen MR) is 47.5 cm³/mol. The average molecular weight is 220 g/mol. The maximum atomic E-state index is 11.3. The van der Waals surface area contributed by atoms with E-state index in [9.17, 15) is 9.36 Å². The Hall–Kier alpha value is -0.220. The van der Waals surface area contributed by atoms with Crippen LogP contribution in [0.1, 0.15) is 26.7 Å². The van der Waals surface area contributed by atoms with Crippen LogP contribution in [0.5, 0.6) is 0 Å². The van der Waals surface area contributed by atoms with Crippen LogP contribution in [0.15, 0.2) is 0 Å². The average Bonchev–Trinajstić information content (AvgIpc) is 2.49. The molecule has 3 rings (SSSR count). The Labute approximate surface area is 82.3 Å². The molecular formula is C8H13O5P. The van der Waals surface area contributed by atoms with Gasteiger partial charge in [-0.3, -0.25) is 9.32 Å². The summed E-state index contributed by atoms with van der Waals surface area (Å²) >= 11 is 0. The highest BCUT2D eigenvalue weighted by atomic mass is 31.2. The van der Waals surface area contributed by atoms with Crippen LogP contribution in [0.4, 0.5) is 0 Å². The third kappa shape index (κ3) is 1.44. The molecule has 2 bridgehead atoms. The zero-order chi connectivity index (χ0) is 10.4. The van der Waals surface area contributed by atoms with Crippen molar-refractivity contribution >= 4 is 14.1 Å². The lowest BCUT2D eigenvalue weighted by Gasteiger charge is -2.30. The Bertz CT molecular complexity index is 290. The monoisotopic (exact) mass is 220 g/mol. The molecule has 0 N–H and O–H groups in total. The summed E-state index contributed by atoms with van der Waals surface area (Å²) in [5.41, 5.74) is 0. The molecule has 3 fully saturated rings. The van der Waals surface area contributed by atoms with Crippen LogP contribution in [0, 0.1) is 5.92 Å². The van der Waals surface area contributed by atoms with Gasteiger partial charge in [0.2, 0.25) is 0 Å². The molecule has 1 atom stereocenters. The van der Waals surface area contributed by atoms with Gasteiger partial charge >= 0.3 is 7.82 Å². The third-order valence-corrected chi connectivity index (χ3v) is 3.92. The van der Waals surface area contributed by atoms with Gasteiger partial charge in [-0.1, -0.05) is 13.8 Å². The molecule has 3 saturated heterocycles. The Morgan fingerprint density at radius 2 is 2.14 bits per heavy atom. The van der Waals surface area contributed by atoms with Crippen molar-refractivity contribution in [3.05, 3.63) is 0 Å². The normalized spacial score (nSPS) is 45.2. The van der Waals surface area contributed by atoms with E-state index in [1.807, 2.05) is 0 Å². The van der Waals surface area contributed by atoms with Crippen molar-refractivity contribution < 1.29 is 22.9 Å². The van der Waals surface area contributed by atoms with E-state index in [2.05, 4.69) is 13.8 Å². The molecule has 3 aliphatic rings. The Morgan fingerprint density at radius 3 is 2.64 bits per heavy atom. The SMILES string of the molecule is CC(C)CCC1OP2(=O)OC1(C=O)O2. The van der Waals surface area contributed by atoms with Crippen LogP contribution in [0.25, 0.3) is 0 Å². The fraction of sp³-hybridized carbons (Fsp3) is 0.875. The summed E-state index contributed by atoms with van der Waals surface area (Å²) in [4.78, 5) is 10.7. The summed E-state index contributed by atoms with van der Waals surface area (Å²) in [5, 5.41) is 0. The molecule has 0 aromatic heterocycles. The molecule has 5 nitrogen and oxygen atoms in total. The predicted octanol–water partition coefficient (Wildman–Crippen LogP) is 1.87. The molecule has 0 amide bonds. The van der Waals surface area contributed by atoms with Crippen LogP contribution in [0.3, 0.4) is 0 Å². The van der Waals surface area contributed by atoms with Gasteiger partial charge in [-0.15, -0.1) is 0 Å². The number of rotatable bonds is 4. The second kappa shape index (κ2) is 3.14. The van der Waals surface area contributed by atoms with Gasteiger partial charge in [0.15, 0.2) is 6.29 Å². The van der Waals surface area contributed by atoms with E-state index in [1.165, 1.54) is 0 Å². The first-order valence-corrected chi connectivity index (χ1v) is 6.12. The summed E-state index contributed by atoms with van der Waals surface area (Å²) < 4.78 is 26.0. The topological polar surface area (TPSA) is 61.8 Å². The molecule has 3 aliphatic heterocycles. The van der Waals surface area contributed by atoms with Gasteiger partial charge in [0.25, 0.3) is 5.79 Å². The number of fused-ring (bicyclic) bond motifs is 1. The minimum absolute atomic E-state index is 0.501. The summed E-state index contributed by atoms with van der Waals surface area (Å²) in [7, 11) is -3.33. The third-order valence-electron chi connectivity index (χ3n) is 2.38. The fourth-order valence-electron chi connectivity index (χ4n) is 1.60. The number of aldehydes is 1. The van der Waals surface area contributed by atoms with Crippen molar-refractivity contribution in [3.63, 3.8) is 0 Å². The lowest BCUT2D eigenvalue weighted by molar-refractivity contribution is -0.181. The largest absolute Gasteiger partial charge is 0.481 e. The second-order valence-corrected chi connectivity index (χ2v) is 5.50. The number of carbonyl (C=O) groups excluding carboxylic acids is 1. The standard InChI is InChI=1S/C8H13O5P/c1-6(2)3-4-7-8(5-9)12-14(10,11-7)13-8/h5-7H,3-4H2,1-2H3. The van der Waals surface area contributed by atoms with Gasteiger partial charge in [0.05, 0.1) is 0 Å². The van der Waals surface area contributed by atoms with Crippen LogP contribution in [-0.2, 0) is 22.9 Å².